The Hall–Kier alpha value is -2.43. The van der Waals surface area contributed by atoms with Crippen LogP contribution in [0, 0.1) is 0 Å². The average molecular weight is 426 g/mol. The first-order valence-corrected chi connectivity index (χ1v) is 11.2. The van der Waals surface area contributed by atoms with Crippen LogP contribution in [0.15, 0.2) is 41.0 Å². The van der Waals surface area contributed by atoms with Gasteiger partial charge < -0.3 is 19.9 Å². The van der Waals surface area contributed by atoms with Crippen molar-refractivity contribution in [2.24, 2.45) is 0 Å². The van der Waals surface area contributed by atoms with E-state index in [1.54, 1.807) is 0 Å². The van der Waals surface area contributed by atoms with Gasteiger partial charge in [0.1, 0.15) is 12.4 Å². The molecule has 0 spiro atoms. The smallest absolute Gasteiger partial charge is 0.309 e. The minimum Gasteiger partial charge on any atom is -0.431 e. The van der Waals surface area contributed by atoms with Crippen molar-refractivity contribution in [3.63, 3.8) is 0 Å². The third-order valence-corrected chi connectivity index (χ3v) is 4.83. The number of aliphatic hydroxyl groups excluding tert-OH is 2. The van der Waals surface area contributed by atoms with E-state index < -0.39 is 34.2 Å². The lowest BCUT2D eigenvalue weighted by atomic mass is 9.95. The van der Waals surface area contributed by atoms with Gasteiger partial charge in [0.2, 0.25) is 10.0 Å². The van der Waals surface area contributed by atoms with Crippen LogP contribution in [0.5, 0.6) is 0 Å². The van der Waals surface area contributed by atoms with E-state index in [2.05, 4.69) is 10.3 Å². The summed E-state index contributed by atoms with van der Waals surface area (Å²) in [7, 11) is -3.60. The van der Waals surface area contributed by atoms with E-state index >= 15 is 0 Å². The summed E-state index contributed by atoms with van der Waals surface area (Å²) in [6, 6.07) is 8.14. The van der Waals surface area contributed by atoms with Crippen molar-refractivity contribution in [1.82, 2.24) is 10.3 Å². The minimum atomic E-state index is -3.60. The largest absolute Gasteiger partial charge is 0.431 e. The van der Waals surface area contributed by atoms with Gasteiger partial charge >= 0.3 is 6.01 Å². The normalized spacial score (nSPS) is 14.8. The molecule has 2 aromatic rings. The van der Waals surface area contributed by atoms with Crippen LogP contribution in [0.25, 0.3) is 0 Å². The fourth-order valence-electron chi connectivity index (χ4n) is 2.80. The highest BCUT2D eigenvalue weighted by molar-refractivity contribution is 7.91. The van der Waals surface area contributed by atoms with E-state index in [-0.39, 0.29) is 11.7 Å². The Kier molecular flexibility index (Phi) is 8.18. The molecule has 2 rings (SSSR count). The highest BCUT2D eigenvalue weighted by Crippen LogP contribution is 2.15. The van der Waals surface area contributed by atoms with Crippen LogP contribution in [0.1, 0.15) is 42.2 Å². The molecule has 3 atom stereocenters. The van der Waals surface area contributed by atoms with Gasteiger partial charge in [0.15, 0.2) is 5.69 Å². The quantitative estimate of drug-likeness (QED) is 0.425. The molecule has 1 aromatic carbocycles. The highest BCUT2D eigenvalue weighted by atomic mass is 32.2. The molecule has 4 N–H and O–H groups in total. The lowest BCUT2D eigenvalue weighted by Gasteiger charge is -2.27. The molecule has 0 saturated heterocycles. The van der Waals surface area contributed by atoms with Crippen molar-refractivity contribution in [3.8, 4) is 0 Å². The summed E-state index contributed by atoms with van der Waals surface area (Å²) in [5.74, 6) is -0.655. The number of hydrogen-bond donors (Lipinski definition) is 4. The summed E-state index contributed by atoms with van der Waals surface area (Å²) in [6.07, 6.45) is 2.08. The van der Waals surface area contributed by atoms with E-state index in [4.69, 9.17) is 4.42 Å². The van der Waals surface area contributed by atoms with Gasteiger partial charge in [0, 0.05) is 0 Å². The van der Waals surface area contributed by atoms with Gasteiger partial charge in [-0.25, -0.2) is 13.1 Å². The van der Waals surface area contributed by atoms with Crippen molar-refractivity contribution in [2.45, 2.75) is 50.9 Å². The second-order valence-corrected chi connectivity index (χ2v) is 8.63. The molecule has 0 bridgehead atoms. The third-order valence-electron chi connectivity index (χ3n) is 4.28. The van der Waals surface area contributed by atoms with E-state index in [9.17, 15) is 23.4 Å². The maximum absolute atomic E-state index is 12.6. The number of aromatic nitrogens is 1. The molecular formula is C19H27N3O6S. The monoisotopic (exact) mass is 425 g/mol. The Bertz CT molecular complexity index is 884. The topological polar surface area (TPSA) is 142 Å². The molecular weight excluding hydrogens is 398 g/mol. The van der Waals surface area contributed by atoms with Crippen LogP contribution in [-0.4, -0.2) is 54.0 Å². The zero-order chi connectivity index (χ0) is 21.4. The number of unbranched alkanes of at least 4 members (excludes halogenated alkanes) is 1. The van der Waals surface area contributed by atoms with Crippen LogP contribution < -0.4 is 10.0 Å². The first-order chi connectivity index (χ1) is 13.7. The number of benzene rings is 1. The summed E-state index contributed by atoms with van der Waals surface area (Å²) in [5.41, 5.74) is 0.726. The van der Waals surface area contributed by atoms with Crippen molar-refractivity contribution >= 4 is 21.9 Å². The van der Waals surface area contributed by atoms with Gasteiger partial charge in [-0.3, -0.25) is 4.79 Å². The Labute approximate surface area is 170 Å². The number of nitrogens with one attached hydrogen (secondary N) is 2. The number of oxazole rings is 1. The van der Waals surface area contributed by atoms with Crippen molar-refractivity contribution < 1.29 is 27.8 Å². The average Bonchev–Trinajstić information content (AvgIpc) is 3.12. The number of aliphatic hydroxyl groups is 2. The number of amides is 1. The Morgan fingerprint density at radius 2 is 1.93 bits per heavy atom. The lowest BCUT2D eigenvalue weighted by Crippen LogP contribution is -2.49. The summed E-state index contributed by atoms with van der Waals surface area (Å²) >= 11 is 0. The standard InChI is InChI=1S/C19H27N3O6S/c1-3-4-10-16(23)17(24)14(11-13-8-6-5-7-9-13)20-18(25)15-12-28-19(21-15)22-29(2,26)27/h5-9,12,14,16-17,23-24H,3-4,10-11H2,1-2H3,(H,20,25)(H,21,22). The SMILES string of the molecule is CCCCC(O)C(O)C(Cc1ccccc1)NC(=O)c1coc(NS(C)(=O)=O)n1. The van der Waals surface area contributed by atoms with Crippen LogP contribution in [0.4, 0.5) is 6.01 Å². The second-order valence-electron chi connectivity index (χ2n) is 6.88. The third kappa shape index (κ3) is 7.48. The van der Waals surface area contributed by atoms with Crippen LogP contribution in [0.3, 0.4) is 0 Å². The Morgan fingerprint density at radius 3 is 2.55 bits per heavy atom. The molecule has 1 amide bonds. The first kappa shape index (κ1) is 22.9. The Balaban J connectivity index is 2.14. The van der Waals surface area contributed by atoms with Crippen molar-refractivity contribution in [1.29, 1.82) is 0 Å². The number of anilines is 1. The zero-order valence-electron chi connectivity index (χ0n) is 16.4. The number of rotatable bonds is 11. The van der Waals surface area contributed by atoms with Gasteiger partial charge in [-0.2, -0.15) is 4.98 Å². The van der Waals surface area contributed by atoms with Crippen molar-refractivity contribution in [2.75, 3.05) is 11.0 Å². The first-order valence-electron chi connectivity index (χ1n) is 9.34. The summed E-state index contributed by atoms with van der Waals surface area (Å²) in [6.45, 7) is 1.98. The molecule has 29 heavy (non-hydrogen) atoms. The minimum absolute atomic E-state index is 0.149. The molecule has 0 aliphatic rings. The summed E-state index contributed by atoms with van der Waals surface area (Å²) in [5, 5.41) is 23.6. The predicted molar refractivity (Wildman–Crippen MR) is 108 cm³/mol. The molecule has 3 unspecified atom stereocenters. The summed E-state index contributed by atoms with van der Waals surface area (Å²) in [4.78, 5) is 16.4. The lowest BCUT2D eigenvalue weighted by molar-refractivity contribution is -0.00817. The molecule has 0 radical (unpaired) electrons. The van der Waals surface area contributed by atoms with Crippen LogP contribution in [-0.2, 0) is 16.4 Å². The maximum atomic E-state index is 12.6. The number of carbonyl (C=O) groups is 1. The molecule has 0 aliphatic carbocycles. The number of nitrogens with zero attached hydrogens (tertiary/aromatic N) is 1. The number of hydrogen-bond acceptors (Lipinski definition) is 7. The molecule has 9 nitrogen and oxygen atoms in total. The molecule has 1 heterocycles. The number of sulfonamides is 1. The van der Waals surface area contributed by atoms with Gasteiger partial charge in [-0.1, -0.05) is 50.1 Å². The predicted octanol–water partition coefficient (Wildman–Crippen LogP) is 1.30. The number of carbonyl (C=O) groups excluding carboxylic acids is 1. The van der Waals surface area contributed by atoms with Crippen molar-refractivity contribution in [3.05, 3.63) is 47.9 Å². The molecule has 0 saturated carbocycles. The van der Waals surface area contributed by atoms with Crippen LogP contribution in [0.2, 0.25) is 0 Å². The zero-order valence-corrected chi connectivity index (χ0v) is 17.2. The van der Waals surface area contributed by atoms with Gasteiger partial charge in [-0.05, 0) is 18.4 Å². The fraction of sp³-hybridized carbons (Fsp3) is 0.474. The van der Waals surface area contributed by atoms with E-state index in [1.807, 2.05) is 42.0 Å². The molecule has 0 fully saturated rings. The Morgan fingerprint density at radius 1 is 1.24 bits per heavy atom. The molecule has 1 aromatic heterocycles. The molecule has 0 aliphatic heterocycles. The maximum Gasteiger partial charge on any atom is 0.309 e. The van der Waals surface area contributed by atoms with E-state index in [0.717, 1.165) is 30.9 Å². The van der Waals surface area contributed by atoms with Crippen LogP contribution >= 0.6 is 0 Å². The highest BCUT2D eigenvalue weighted by Gasteiger charge is 2.29. The molecule has 160 valence electrons. The van der Waals surface area contributed by atoms with Gasteiger partial charge in [0.05, 0.1) is 18.4 Å². The summed E-state index contributed by atoms with van der Waals surface area (Å²) < 4.78 is 29.5. The van der Waals surface area contributed by atoms with E-state index in [0.29, 0.717) is 12.8 Å². The molecule has 10 heteroatoms. The van der Waals surface area contributed by atoms with Gasteiger partial charge in [0.25, 0.3) is 5.91 Å². The second kappa shape index (κ2) is 10.4. The fourth-order valence-corrected chi connectivity index (χ4v) is 3.21. The van der Waals surface area contributed by atoms with E-state index in [1.165, 1.54) is 0 Å². The van der Waals surface area contributed by atoms with Gasteiger partial charge in [-0.15, -0.1) is 0 Å².